The second kappa shape index (κ2) is 3.48. The lowest BCUT2D eigenvalue weighted by molar-refractivity contribution is -0.138. The highest BCUT2D eigenvalue weighted by atomic mass is 127. The molecule has 13 heavy (non-hydrogen) atoms. The van der Waals surface area contributed by atoms with Crippen molar-refractivity contribution in [3.05, 3.63) is 32.4 Å². The molecule has 0 aliphatic heterocycles. The zero-order chi connectivity index (χ0) is 10.2. The van der Waals surface area contributed by atoms with Gasteiger partial charge < -0.3 is 0 Å². The summed E-state index contributed by atoms with van der Waals surface area (Å²) in [4.78, 5) is 0. The van der Waals surface area contributed by atoms with Crippen LogP contribution < -0.4 is 0 Å². The van der Waals surface area contributed by atoms with Crippen LogP contribution in [0.25, 0.3) is 0 Å². The van der Waals surface area contributed by atoms with E-state index in [0.29, 0.717) is 11.1 Å². The van der Waals surface area contributed by atoms with E-state index >= 15 is 0 Å². The van der Waals surface area contributed by atoms with Crippen molar-refractivity contribution in [1.29, 1.82) is 0 Å². The lowest BCUT2D eigenvalue weighted by Crippen LogP contribution is -2.08. The molecule has 0 fully saturated rings. The summed E-state index contributed by atoms with van der Waals surface area (Å²) in [7, 11) is 0. The van der Waals surface area contributed by atoms with Crippen LogP contribution in [-0.2, 0) is 6.18 Å². The van der Waals surface area contributed by atoms with Crippen molar-refractivity contribution in [2.75, 3.05) is 0 Å². The molecule has 0 spiro atoms. The van der Waals surface area contributed by atoms with Crippen molar-refractivity contribution >= 4 is 22.6 Å². The van der Waals surface area contributed by atoms with Crippen LogP contribution in [0.5, 0.6) is 0 Å². The molecule has 0 saturated heterocycles. The van der Waals surface area contributed by atoms with Gasteiger partial charge in [-0.2, -0.15) is 13.2 Å². The third-order valence-corrected chi connectivity index (χ3v) is 3.14. The molecule has 0 aromatic heterocycles. The molecule has 1 aromatic carbocycles. The molecule has 0 heterocycles. The molecule has 1 rings (SSSR count). The molecule has 0 nitrogen and oxygen atoms in total. The molecule has 0 aliphatic carbocycles. The van der Waals surface area contributed by atoms with Gasteiger partial charge in [-0.05, 0) is 48.1 Å². The Hall–Kier alpha value is -0.260. The number of halogens is 4. The van der Waals surface area contributed by atoms with Crippen LogP contribution in [0.4, 0.5) is 13.2 Å². The highest BCUT2D eigenvalue weighted by molar-refractivity contribution is 14.1. The van der Waals surface area contributed by atoms with Gasteiger partial charge in [0, 0.05) is 3.57 Å². The molecular weight excluding hydrogens is 292 g/mol. The molecule has 0 amide bonds. The predicted molar refractivity (Wildman–Crippen MR) is 53.6 cm³/mol. The van der Waals surface area contributed by atoms with Crippen molar-refractivity contribution in [3.8, 4) is 0 Å². The normalized spacial score (nSPS) is 11.8. The third-order valence-electron chi connectivity index (χ3n) is 1.70. The topological polar surface area (TPSA) is 0 Å². The van der Waals surface area contributed by atoms with Crippen LogP contribution in [-0.4, -0.2) is 0 Å². The van der Waals surface area contributed by atoms with Crippen LogP contribution >= 0.6 is 22.6 Å². The maximum absolute atomic E-state index is 12.4. The van der Waals surface area contributed by atoms with E-state index in [1.165, 1.54) is 6.07 Å². The van der Waals surface area contributed by atoms with Crippen molar-refractivity contribution in [2.45, 2.75) is 20.0 Å². The summed E-state index contributed by atoms with van der Waals surface area (Å²) < 4.78 is 37.5. The molecule has 0 aliphatic rings. The minimum absolute atomic E-state index is 0.288. The van der Waals surface area contributed by atoms with Crippen LogP contribution in [0, 0.1) is 17.4 Å². The average Bonchev–Trinajstić information content (AvgIpc) is 1.94. The van der Waals surface area contributed by atoms with Crippen LogP contribution in [0.2, 0.25) is 0 Å². The number of benzene rings is 1. The van der Waals surface area contributed by atoms with E-state index in [0.717, 1.165) is 0 Å². The van der Waals surface area contributed by atoms with E-state index in [4.69, 9.17) is 0 Å². The SMILES string of the molecule is Cc1cc(C)c(I)c(C(F)(F)F)c1. The largest absolute Gasteiger partial charge is 0.417 e. The maximum Gasteiger partial charge on any atom is 0.417 e. The summed E-state index contributed by atoms with van der Waals surface area (Å²) in [5, 5.41) is 0. The van der Waals surface area contributed by atoms with Crippen LogP contribution in [0.1, 0.15) is 16.7 Å². The monoisotopic (exact) mass is 300 g/mol. The number of rotatable bonds is 0. The average molecular weight is 300 g/mol. The third kappa shape index (κ3) is 2.36. The summed E-state index contributed by atoms with van der Waals surface area (Å²) in [5.74, 6) is 0. The van der Waals surface area contributed by atoms with E-state index in [1.54, 1.807) is 42.5 Å². The molecular formula is C9H8F3I. The van der Waals surface area contributed by atoms with Gasteiger partial charge in [0.15, 0.2) is 0 Å². The minimum atomic E-state index is -4.24. The predicted octanol–water partition coefficient (Wildman–Crippen LogP) is 3.93. The first-order valence-electron chi connectivity index (χ1n) is 3.66. The molecule has 72 valence electrons. The number of hydrogen-bond donors (Lipinski definition) is 0. The van der Waals surface area contributed by atoms with Gasteiger partial charge in [-0.3, -0.25) is 0 Å². The Labute approximate surface area is 88.3 Å². The highest BCUT2D eigenvalue weighted by Gasteiger charge is 2.33. The minimum Gasteiger partial charge on any atom is -0.166 e. The second-order valence-corrected chi connectivity index (χ2v) is 4.02. The summed E-state index contributed by atoms with van der Waals surface area (Å²) in [6.45, 7) is 3.35. The van der Waals surface area contributed by atoms with E-state index in [-0.39, 0.29) is 3.57 Å². The standard InChI is InChI=1S/C9H8F3I/c1-5-3-6(2)8(13)7(4-5)9(10,11)12/h3-4H,1-2H3. The number of aryl methyl sites for hydroxylation is 2. The first-order chi connectivity index (χ1) is 5.82. The van der Waals surface area contributed by atoms with Crippen molar-refractivity contribution in [3.63, 3.8) is 0 Å². The Morgan fingerprint density at radius 1 is 1.15 bits per heavy atom. The Morgan fingerprint density at radius 3 is 2.15 bits per heavy atom. The summed E-state index contributed by atoms with van der Waals surface area (Å²) in [6.07, 6.45) is -4.24. The second-order valence-electron chi connectivity index (χ2n) is 2.94. The van der Waals surface area contributed by atoms with Gasteiger partial charge in [0.1, 0.15) is 0 Å². The molecule has 0 bridgehead atoms. The Morgan fingerprint density at radius 2 is 1.69 bits per heavy atom. The highest BCUT2D eigenvalue weighted by Crippen LogP contribution is 2.34. The summed E-state index contributed by atoms with van der Waals surface area (Å²) in [6, 6.07) is 2.92. The summed E-state index contributed by atoms with van der Waals surface area (Å²) >= 11 is 1.73. The van der Waals surface area contributed by atoms with Crippen molar-refractivity contribution in [1.82, 2.24) is 0 Å². The summed E-state index contributed by atoms with van der Waals surface area (Å²) in [5.41, 5.74) is 0.781. The molecule has 0 atom stereocenters. The van der Waals surface area contributed by atoms with Gasteiger partial charge in [-0.1, -0.05) is 11.6 Å². The van der Waals surface area contributed by atoms with E-state index in [2.05, 4.69) is 0 Å². The van der Waals surface area contributed by atoms with Crippen LogP contribution in [0.15, 0.2) is 12.1 Å². The van der Waals surface area contributed by atoms with Gasteiger partial charge in [0.05, 0.1) is 5.56 Å². The first kappa shape index (κ1) is 10.8. The Balaban J connectivity index is 3.37. The molecule has 0 unspecified atom stereocenters. The Bertz CT molecular complexity index is 328. The zero-order valence-corrected chi connectivity index (χ0v) is 9.32. The van der Waals surface area contributed by atoms with Gasteiger partial charge in [-0.25, -0.2) is 0 Å². The fourth-order valence-corrected chi connectivity index (χ4v) is 1.77. The quantitative estimate of drug-likeness (QED) is 0.637. The fraction of sp³-hybridized carbons (Fsp3) is 0.333. The zero-order valence-electron chi connectivity index (χ0n) is 7.17. The number of alkyl halides is 3. The van der Waals surface area contributed by atoms with Crippen molar-refractivity contribution in [2.24, 2.45) is 0 Å². The lowest BCUT2D eigenvalue weighted by atomic mass is 10.1. The van der Waals surface area contributed by atoms with Crippen molar-refractivity contribution < 1.29 is 13.2 Å². The molecule has 0 radical (unpaired) electrons. The molecule has 0 N–H and O–H groups in total. The van der Waals surface area contributed by atoms with E-state index < -0.39 is 11.7 Å². The first-order valence-corrected chi connectivity index (χ1v) is 4.74. The molecule has 1 aromatic rings. The fourth-order valence-electron chi connectivity index (χ4n) is 1.16. The maximum atomic E-state index is 12.4. The Kier molecular flexibility index (Phi) is 2.89. The molecule has 0 saturated carbocycles. The van der Waals surface area contributed by atoms with Gasteiger partial charge in [0.25, 0.3) is 0 Å². The van der Waals surface area contributed by atoms with Gasteiger partial charge >= 0.3 is 6.18 Å². The van der Waals surface area contributed by atoms with Gasteiger partial charge in [-0.15, -0.1) is 0 Å². The van der Waals surface area contributed by atoms with Crippen LogP contribution in [0.3, 0.4) is 0 Å². The smallest absolute Gasteiger partial charge is 0.166 e. The lowest BCUT2D eigenvalue weighted by Gasteiger charge is -2.11. The van der Waals surface area contributed by atoms with E-state index in [9.17, 15) is 13.2 Å². The van der Waals surface area contributed by atoms with E-state index in [1.807, 2.05) is 0 Å². The number of hydrogen-bond acceptors (Lipinski definition) is 0. The molecule has 4 heteroatoms. The van der Waals surface area contributed by atoms with Gasteiger partial charge in [0.2, 0.25) is 0 Å².